The maximum absolute atomic E-state index is 10.2. The van der Waals surface area contributed by atoms with Crippen LogP contribution in [-0.4, -0.2) is 17.2 Å². The molecule has 0 atom stereocenters. The van der Waals surface area contributed by atoms with E-state index in [0.717, 1.165) is 17.6 Å². The third kappa shape index (κ3) is 1.85. The second-order valence-corrected chi connectivity index (χ2v) is 6.52. The Labute approximate surface area is 74.9 Å². The Balaban J connectivity index is 2.95. The van der Waals surface area contributed by atoms with E-state index in [0.29, 0.717) is 0 Å². The third-order valence-electron chi connectivity index (χ3n) is 2.28. The molecule has 0 aliphatic rings. The predicted molar refractivity (Wildman–Crippen MR) is 56.3 cm³/mol. The molecule has 1 rings (SSSR count). The highest BCUT2D eigenvalue weighted by Crippen LogP contribution is 2.51. The van der Waals surface area contributed by atoms with Gasteiger partial charge in [-0.15, -0.1) is 0 Å². The van der Waals surface area contributed by atoms with Crippen LogP contribution in [0.4, 0.5) is 0 Å². The Morgan fingerprint density at radius 3 is 2.00 bits per heavy atom. The van der Waals surface area contributed by atoms with E-state index in [9.17, 15) is 4.89 Å². The first-order valence-electron chi connectivity index (χ1n) is 4.38. The number of hydrogen-bond acceptors (Lipinski definition) is 1. The van der Waals surface area contributed by atoms with Gasteiger partial charge in [0, 0.05) is 0 Å². The van der Waals surface area contributed by atoms with Gasteiger partial charge in [-0.05, 0) is 26.0 Å². The minimum Gasteiger partial charge on any atom is -0.246 e. The van der Waals surface area contributed by atoms with Crippen LogP contribution in [0.3, 0.4) is 0 Å². The van der Waals surface area contributed by atoms with Gasteiger partial charge >= 0.3 is 0 Å². The van der Waals surface area contributed by atoms with Crippen LogP contribution in [0.5, 0.6) is 0 Å². The summed E-state index contributed by atoms with van der Waals surface area (Å²) in [6.45, 7) is 4.12. The molecule has 0 spiro atoms. The molecule has 0 aliphatic carbocycles. The molecule has 0 saturated heterocycles. The van der Waals surface area contributed by atoms with Crippen LogP contribution < -0.4 is 5.30 Å². The summed E-state index contributed by atoms with van der Waals surface area (Å²) in [7, 11) is -1.78. The fraction of sp³-hybridized carbons (Fsp3) is 0.400. The lowest BCUT2D eigenvalue weighted by Gasteiger charge is -2.15. The summed E-state index contributed by atoms with van der Waals surface area (Å²) >= 11 is 0. The molecule has 1 aromatic carbocycles. The van der Waals surface area contributed by atoms with Crippen LogP contribution in [0, 0.1) is 0 Å². The predicted octanol–water partition coefficient (Wildman–Crippen LogP) is 2.28. The van der Waals surface area contributed by atoms with Crippen molar-refractivity contribution in [2.75, 3.05) is 12.3 Å². The maximum Gasteiger partial charge on any atom is 0.173 e. The molecule has 0 fully saturated rings. The van der Waals surface area contributed by atoms with Crippen LogP contribution in [0.2, 0.25) is 0 Å². The van der Waals surface area contributed by atoms with E-state index in [2.05, 4.69) is 13.8 Å². The van der Waals surface area contributed by atoms with Gasteiger partial charge in [-0.2, -0.15) is 0 Å². The second-order valence-electron chi connectivity index (χ2n) is 2.89. The summed E-state index contributed by atoms with van der Waals surface area (Å²) in [4.78, 5) is 10.2. The molecule has 0 aliphatic heterocycles. The normalized spacial score (nSPS) is 11.6. The first-order chi connectivity index (χ1) is 5.73. The Bertz CT molecular complexity index is 229. The molecule has 1 nitrogen and oxygen atoms in total. The van der Waals surface area contributed by atoms with Crippen molar-refractivity contribution in [3.63, 3.8) is 0 Å². The highest BCUT2D eigenvalue weighted by atomic mass is 31.2. The number of hydrogen-bond donors (Lipinski definition) is 1. The molecule has 0 heterocycles. The zero-order chi connectivity index (χ0) is 9.03. The molecule has 0 amide bonds. The smallest absolute Gasteiger partial charge is 0.173 e. The molecule has 1 aromatic rings. The van der Waals surface area contributed by atoms with Crippen molar-refractivity contribution in [3.05, 3.63) is 30.3 Å². The van der Waals surface area contributed by atoms with Crippen molar-refractivity contribution in [1.82, 2.24) is 0 Å². The van der Waals surface area contributed by atoms with Crippen molar-refractivity contribution in [2.24, 2.45) is 0 Å². The first-order valence-corrected chi connectivity index (χ1v) is 6.49. The molecular formula is C10H16OP+. The highest BCUT2D eigenvalue weighted by molar-refractivity contribution is 7.77. The quantitative estimate of drug-likeness (QED) is 0.713. The van der Waals surface area contributed by atoms with Crippen molar-refractivity contribution in [3.8, 4) is 0 Å². The lowest BCUT2D eigenvalue weighted by Crippen LogP contribution is -2.14. The summed E-state index contributed by atoms with van der Waals surface area (Å²) in [5, 5.41) is 1.13. The van der Waals surface area contributed by atoms with Gasteiger partial charge in [0.2, 0.25) is 0 Å². The van der Waals surface area contributed by atoms with E-state index in [1.54, 1.807) is 0 Å². The zero-order valence-electron chi connectivity index (χ0n) is 7.70. The fourth-order valence-electron chi connectivity index (χ4n) is 1.29. The molecule has 0 unspecified atom stereocenters. The van der Waals surface area contributed by atoms with Crippen molar-refractivity contribution < 1.29 is 4.89 Å². The van der Waals surface area contributed by atoms with Crippen molar-refractivity contribution >= 4 is 12.8 Å². The van der Waals surface area contributed by atoms with Gasteiger partial charge in [0.05, 0.1) is 12.3 Å². The third-order valence-corrected chi connectivity index (χ3v) is 5.64. The molecule has 0 aromatic heterocycles. The van der Waals surface area contributed by atoms with E-state index < -0.39 is 7.49 Å². The van der Waals surface area contributed by atoms with Crippen LogP contribution in [0.25, 0.3) is 0 Å². The van der Waals surface area contributed by atoms with Gasteiger partial charge in [0.25, 0.3) is 0 Å². The minimum absolute atomic E-state index is 0.882. The summed E-state index contributed by atoms with van der Waals surface area (Å²) in [6.07, 6.45) is 1.76. The average molecular weight is 183 g/mol. The number of rotatable bonds is 3. The molecule has 1 N–H and O–H groups in total. The molecule has 2 heteroatoms. The van der Waals surface area contributed by atoms with Crippen LogP contribution in [0.1, 0.15) is 13.8 Å². The SMILES string of the molecule is CC[P+](O)(CC)c1ccccc1. The van der Waals surface area contributed by atoms with E-state index in [1.165, 1.54) is 0 Å². The molecule has 0 radical (unpaired) electrons. The van der Waals surface area contributed by atoms with Gasteiger partial charge in [-0.3, -0.25) is 0 Å². The molecule has 12 heavy (non-hydrogen) atoms. The van der Waals surface area contributed by atoms with E-state index in [-0.39, 0.29) is 0 Å². The van der Waals surface area contributed by atoms with Crippen LogP contribution in [-0.2, 0) is 0 Å². The molecular weight excluding hydrogens is 167 g/mol. The second kappa shape index (κ2) is 4.02. The zero-order valence-corrected chi connectivity index (χ0v) is 8.59. The Hall–Kier alpha value is -0.390. The lowest BCUT2D eigenvalue weighted by atomic mass is 10.4. The van der Waals surface area contributed by atoms with Crippen molar-refractivity contribution in [1.29, 1.82) is 0 Å². The van der Waals surface area contributed by atoms with Gasteiger partial charge in [-0.25, -0.2) is 4.89 Å². The standard InChI is InChI=1S/C10H16OP/c1-3-12(11,4-2)10-8-6-5-7-9-10/h5-9,11H,3-4H2,1-2H3/q+1. The minimum atomic E-state index is -1.78. The Morgan fingerprint density at radius 1 is 1.08 bits per heavy atom. The van der Waals surface area contributed by atoms with Crippen LogP contribution >= 0.6 is 7.49 Å². The highest BCUT2D eigenvalue weighted by Gasteiger charge is 2.33. The molecule has 66 valence electrons. The number of benzene rings is 1. The van der Waals surface area contributed by atoms with E-state index in [4.69, 9.17) is 0 Å². The topological polar surface area (TPSA) is 20.2 Å². The summed E-state index contributed by atoms with van der Waals surface area (Å²) in [6, 6.07) is 10.0. The van der Waals surface area contributed by atoms with Gasteiger partial charge < -0.3 is 0 Å². The van der Waals surface area contributed by atoms with Gasteiger partial charge in [0.1, 0.15) is 5.30 Å². The maximum atomic E-state index is 10.2. The first kappa shape index (κ1) is 9.70. The van der Waals surface area contributed by atoms with Gasteiger partial charge in [0.15, 0.2) is 7.49 Å². The van der Waals surface area contributed by atoms with Crippen molar-refractivity contribution in [2.45, 2.75) is 13.8 Å². The summed E-state index contributed by atoms with van der Waals surface area (Å²) < 4.78 is 0. The Morgan fingerprint density at radius 2 is 1.58 bits per heavy atom. The summed E-state index contributed by atoms with van der Waals surface area (Å²) in [5.74, 6) is 0. The Kier molecular flexibility index (Phi) is 3.25. The lowest BCUT2D eigenvalue weighted by molar-refractivity contribution is 0.612. The monoisotopic (exact) mass is 183 g/mol. The molecule has 0 bridgehead atoms. The summed E-state index contributed by atoms with van der Waals surface area (Å²) in [5.41, 5.74) is 0. The largest absolute Gasteiger partial charge is 0.246 e. The van der Waals surface area contributed by atoms with Gasteiger partial charge in [-0.1, -0.05) is 18.2 Å². The molecule has 0 saturated carbocycles. The fourth-order valence-corrected chi connectivity index (χ4v) is 3.20. The van der Waals surface area contributed by atoms with Crippen LogP contribution in [0.15, 0.2) is 30.3 Å². The van der Waals surface area contributed by atoms with E-state index >= 15 is 0 Å². The average Bonchev–Trinajstić information content (AvgIpc) is 2.18. The van der Waals surface area contributed by atoms with E-state index in [1.807, 2.05) is 30.3 Å².